The molecule has 3 amide bonds. The molecule has 1 atom stereocenters. The van der Waals surface area contributed by atoms with Crippen molar-refractivity contribution in [3.05, 3.63) is 29.3 Å². The number of urea groups is 1. The van der Waals surface area contributed by atoms with Crippen molar-refractivity contribution in [2.24, 2.45) is 0 Å². The van der Waals surface area contributed by atoms with E-state index in [0.29, 0.717) is 23.1 Å². The molecule has 0 aliphatic carbocycles. The molecule has 1 saturated heterocycles. The number of benzene rings is 1. The van der Waals surface area contributed by atoms with Gasteiger partial charge in [0.05, 0.1) is 14.2 Å². The molecular formula is C18H19N3O6S. The van der Waals surface area contributed by atoms with Gasteiger partial charge < -0.3 is 19.5 Å². The van der Waals surface area contributed by atoms with Crippen molar-refractivity contribution in [3.63, 3.8) is 0 Å². The second-order valence-corrected chi connectivity index (χ2v) is 6.74. The predicted octanol–water partition coefficient (Wildman–Crippen LogP) is 1.92. The van der Waals surface area contributed by atoms with Gasteiger partial charge in [-0.25, -0.2) is 14.6 Å². The van der Waals surface area contributed by atoms with Crippen LogP contribution in [-0.2, 0) is 9.53 Å². The van der Waals surface area contributed by atoms with Gasteiger partial charge in [-0.2, -0.15) is 0 Å². The van der Waals surface area contributed by atoms with E-state index in [9.17, 15) is 14.4 Å². The number of nitrogens with one attached hydrogen (secondary N) is 1. The van der Waals surface area contributed by atoms with E-state index in [4.69, 9.17) is 14.2 Å². The van der Waals surface area contributed by atoms with Crippen molar-refractivity contribution in [1.29, 1.82) is 0 Å². The maximum atomic E-state index is 12.3. The van der Waals surface area contributed by atoms with Crippen LogP contribution in [0, 0.1) is 0 Å². The number of imide groups is 1. The summed E-state index contributed by atoms with van der Waals surface area (Å²) in [7, 11) is 3.08. The Kier molecular flexibility index (Phi) is 5.78. The maximum absolute atomic E-state index is 12.3. The van der Waals surface area contributed by atoms with Crippen LogP contribution in [0.25, 0.3) is 10.6 Å². The lowest BCUT2D eigenvalue weighted by Gasteiger charge is -2.17. The minimum atomic E-state index is -1.09. The first-order chi connectivity index (χ1) is 13.4. The normalized spacial score (nSPS) is 14.4. The quantitative estimate of drug-likeness (QED) is 0.732. The number of thiazole rings is 1. The third-order valence-electron chi connectivity index (χ3n) is 4.10. The summed E-state index contributed by atoms with van der Waals surface area (Å²) in [5.41, 5.74) is 0.833. The first-order valence-corrected chi connectivity index (χ1v) is 9.30. The number of hydrogen-bond donors (Lipinski definition) is 1. The fraction of sp³-hybridized carbons (Fsp3) is 0.333. The Balaban J connectivity index is 1.70. The van der Waals surface area contributed by atoms with Crippen LogP contribution in [0.2, 0.25) is 0 Å². The number of carbonyl (C=O) groups excluding carboxylic acids is 3. The molecular weight excluding hydrogens is 386 g/mol. The van der Waals surface area contributed by atoms with E-state index < -0.39 is 24.0 Å². The average Bonchev–Trinajstić information content (AvgIpc) is 3.36. The Morgan fingerprint density at radius 3 is 2.64 bits per heavy atom. The lowest BCUT2D eigenvalue weighted by molar-refractivity contribution is -0.136. The number of nitrogens with zero attached hydrogens (tertiary/aromatic N) is 2. The van der Waals surface area contributed by atoms with Gasteiger partial charge in [0.1, 0.15) is 5.01 Å². The molecule has 10 heteroatoms. The number of ether oxygens (including phenoxy) is 3. The molecule has 148 valence electrons. The van der Waals surface area contributed by atoms with Crippen LogP contribution in [0.15, 0.2) is 23.6 Å². The second kappa shape index (κ2) is 8.26. The first kappa shape index (κ1) is 19.6. The van der Waals surface area contributed by atoms with Gasteiger partial charge in [0.2, 0.25) is 0 Å². The monoisotopic (exact) mass is 405 g/mol. The summed E-state index contributed by atoms with van der Waals surface area (Å²) < 4.78 is 15.7. The largest absolute Gasteiger partial charge is 0.493 e. The molecule has 3 rings (SSSR count). The lowest BCUT2D eigenvalue weighted by Crippen LogP contribution is -2.41. The van der Waals surface area contributed by atoms with Crippen LogP contribution >= 0.6 is 11.3 Å². The van der Waals surface area contributed by atoms with Crippen LogP contribution < -0.4 is 14.8 Å². The Bertz CT molecular complexity index is 912. The van der Waals surface area contributed by atoms with Crippen LogP contribution in [-0.4, -0.2) is 61.2 Å². The zero-order valence-electron chi connectivity index (χ0n) is 15.6. The van der Waals surface area contributed by atoms with E-state index in [-0.39, 0.29) is 12.2 Å². The number of carbonyl (C=O) groups is 3. The molecule has 2 heterocycles. The Morgan fingerprint density at radius 1 is 1.25 bits per heavy atom. The van der Waals surface area contributed by atoms with E-state index in [1.165, 1.54) is 25.4 Å². The Morgan fingerprint density at radius 2 is 2.00 bits per heavy atom. The molecule has 1 aromatic carbocycles. The predicted molar refractivity (Wildman–Crippen MR) is 101 cm³/mol. The van der Waals surface area contributed by atoms with E-state index >= 15 is 0 Å². The van der Waals surface area contributed by atoms with Gasteiger partial charge in [-0.3, -0.25) is 9.69 Å². The van der Waals surface area contributed by atoms with Crippen molar-refractivity contribution in [2.45, 2.75) is 13.0 Å². The van der Waals surface area contributed by atoms with Crippen LogP contribution in [0.4, 0.5) is 4.79 Å². The van der Waals surface area contributed by atoms with Crippen LogP contribution in [0.5, 0.6) is 11.5 Å². The third-order valence-corrected chi connectivity index (χ3v) is 4.99. The minimum Gasteiger partial charge on any atom is -0.493 e. The molecule has 0 spiro atoms. The fourth-order valence-corrected chi connectivity index (χ4v) is 3.43. The summed E-state index contributed by atoms with van der Waals surface area (Å²) in [5.74, 6) is -0.176. The molecule has 1 N–H and O–H groups in total. The van der Waals surface area contributed by atoms with Gasteiger partial charge in [0, 0.05) is 24.0 Å². The molecule has 9 nitrogen and oxygen atoms in total. The fourth-order valence-electron chi connectivity index (χ4n) is 2.64. The summed E-state index contributed by atoms with van der Waals surface area (Å²) in [6.07, 6.45) is -1.09. The van der Waals surface area contributed by atoms with Crippen LogP contribution in [0.3, 0.4) is 0 Å². The van der Waals surface area contributed by atoms with Gasteiger partial charge >= 0.3 is 12.0 Å². The van der Waals surface area contributed by atoms with E-state index in [2.05, 4.69) is 10.3 Å². The van der Waals surface area contributed by atoms with Crippen molar-refractivity contribution < 1.29 is 28.6 Å². The number of esters is 1. The molecule has 1 aliphatic heterocycles. The lowest BCUT2D eigenvalue weighted by atomic mass is 10.2. The van der Waals surface area contributed by atoms with Crippen molar-refractivity contribution >= 4 is 29.2 Å². The topological polar surface area (TPSA) is 107 Å². The summed E-state index contributed by atoms with van der Waals surface area (Å²) >= 11 is 1.26. The van der Waals surface area contributed by atoms with Gasteiger partial charge in [-0.15, -0.1) is 11.3 Å². The molecule has 0 radical (unpaired) electrons. The zero-order valence-corrected chi connectivity index (χ0v) is 16.4. The second-order valence-electron chi connectivity index (χ2n) is 5.88. The number of aromatic nitrogens is 1. The average molecular weight is 405 g/mol. The molecule has 2 aromatic rings. The highest BCUT2D eigenvalue weighted by atomic mass is 32.1. The summed E-state index contributed by atoms with van der Waals surface area (Å²) in [6.45, 7) is 2.05. The van der Waals surface area contributed by atoms with Gasteiger partial charge in [-0.1, -0.05) is 0 Å². The van der Waals surface area contributed by atoms with Crippen molar-refractivity contribution in [2.75, 3.05) is 27.3 Å². The zero-order chi connectivity index (χ0) is 20.3. The van der Waals surface area contributed by atoms with E-state index in [1.807, 2.05) is 0 Å². The van der Waals surface area contributed by atoms with Gasteiger partial charge in [-0.05, 0) is 25.1 Å². The van der Waals surface area contributed by atoms with E-state index in [0.717, 1.165) is 10.5 Å². The minimum absolute atomic E-state index is 0.0836. The molecule has 1 aliphatic rings. The maximum Gasteiger partial charge on any atom is 0.358 e. The molecule has 0 bridgehead atoms. The smallest absolute Gasteiger partial charge is 0.358 e. The first-order valence-electron chi connectivity index (χ1n) is 8.42. The highest BCUT2D eigenvalue weighted by molar-refractivity contribution is 7.13. The van der Waals surface area contributed by atoms with Gasteiger partial charge in [0.25, 0.3) is 5.91 Å². The standard InChI is InChI=1S/C18H19N3O6S/c1-10(16(22)21-7-6-19-18(21)24)27-17(23)12-9-28-15(20-12)11-4-5-13(25-2)14(8-11)26-3/h4-5,8-10H,6-7H2,1-3H3,(H,19,24). The molecule has 1 aromatic heterocycles. The highest BCUT2D eigenvalue weighted by Gasteiger charge is 2.32. The molecule has 28 heavy (non-hydrogen) atoms. The molecule has 0 saturated carbocycles. The van der Waals surface area contributed by atoms with Crippen molar-refractivity contribution in [3.8, 4) is 22.1 Å². The van der Waals surface area contributed by atoms with Crippen molar-refractivity contribution in [1.82, 2.24) is 15.2 Å². The molecule has 1 fully saturated rings. The summed E-state index contributed by atoms with van der Waals surface area (Å²) in [6, 6.07) is 4.81. The number of methoxy groups -OCH3 is 2. The van der Waals surface area contributed by atoms with Gasteiger partial charge in [0.15, 0.2) is 23.3 Å². The molecule has 1 unspecified atom stereocenters. The SMILES string of the molecule is COc1ccc(-c2nc(C(=O)OC(C)C(=O)N3CCNC3=O)cs2)cc1OC. The highest BCUT2D eigenvalue weighted by Crippen LogP contribution is 2.33. The number of rotatable bonds is 6. The summed E-state index contributed by atoms with van der Waals surface area (Å²) in [4.78, 5) is 41.4. The Hall–Kier alpha value is -3.14. The number of hydrogen-bond acceptors (Lipinski definition) is 8. The number of amides is 3. The summed E-state index contributed by atoms with van der Waals surface area (Å²) in [5, 5.41) is 4.66. The third kappa shape index (κ3) is 3.91. The van der Waals surface area contributed by atoms with E-state index in [1.54, 1.807) is 30.7 Å². The Labute approximate surface area is 165 Å². The van der Waals surface area contributed by atoms with Crippen LogP contribution in [0.1, 0.15) is 17.4 Å².